The molecule has 4 rings (SSSR count). The smallest absolute Gasteiger partial charge is 0.365 e. The van der Waals surface area contributed by atoms with Crippen LogP contribution in [0.1, 0.15) is 32.3 Å². The van der Waals surface area contributed by atoms with Gasteiger partial charge in [0.15, 0.2) is 5.82 Å². The lowest BCUT2D eigenvalue weighted by atomic mass is 10.0. The van der Waals surface area contributed by atoms with E-state index in [1.54, 1.807) is 25.2 Å². The molecule has 0 amide bonds. The molecule has 0 saturated carbocycles. The normalized spacial score (nSPS) is 18.9. The van der Waals surface area contributed by atoms with Gasteiger partial charge in [0.05, 0.1) is 11.1 Å². The maximum atomic E-state index is 13.3. The summed E-state index contributed by atoms with van der Waals surface area (Å²) in [5, 5.41) is 0. The number of fused-ring (bicyclic) bond motifs is 1. The molecular weight excluding hydrogens is 445 g/mol. The van der Waals surface area contributed by atoms with Gasteiger partial charge in [-0.3, -0.25) is 4.57 Å². The van der Waals surface area contributed by atoms with Crippen molar-refractivity contribution < 1.29 is 13.2 Å². The highest BCUT2D eigenvalue weighted by molar-refractivity contribution is 5.87. The van der Waals surface area contributed by atoms with Gasteiger partial charge in [0.1, 0.15) is 0 Å². The van der Waals surface area contributed by atoms with Crippen molar-refractivity contribution >= 4 is 28.4 Å². The fourth-order valence-electron chi connectivity index (χ4n) is 4.55. The minimum absolute atomic E-state index is 0.101. The van der Waals surface area contributed by atoms with Crippen LogP contribution >= 0.6 is 0 Å². The van der Waals surface area contributed by atoms with Crippen LogP contribution in [-0.2, 0) is 13.2 Å². The highest BCUT2D eigenvalue weighted by Crippen LogP contribution is 2.35. The second kappa shape index (κ2) is 8.97. The summed E-state index contributed by atoms with van der Waals surface area (Å²) >= 11 is 0. The first-order valence-electron chi connectivity index (χ1n) is 11.1. The van der Waals surface area contributed by atoms with Gasteiger partial charge in [0.2, 0.25) is 5.52 Å². The number of hydrogen-bond acceptors (Lipinski definition) is 5. The number of aromatic nitrogens is 3. The molecular formula is C24H25F3N6O. The Balaban J connectivity index is 1.79. The zero-order chi connectivity index (χ0) is 24.6. The summed E-state index contributed by atoms with van der Waals surface area (Å²) in [5.74, 6) is 0.620. The number of pyridine rings is 1. The SMILES string of the molecule is [C-]#[N+]c1ccc2c(n1)c(N1C[C@@H](CC)N(c3cccc(C(F)(F)F)c3)C[C@@H]1CC)nc(=O)n2C. The van der Waals surface area contributed by atoms with Gasteiger partial charge in [-0.1, -0.05) is 26.5 Å². The Hall–Kier alpha value is -3.61. The Bertz CT molecular complexity index is 1310. The average Bonchev–Trinajstić information content (AvgIpc) is 2.84. The molecule has 0 aliphatic carbocycles. The molecule has 1 aromatic carbocycles. The molecule has 3 aromatic rings. The molecule has 7 nitrogen and oxygen atoms in total. The van der Waals surface area contributed by atoms with Crippen molar-refractivity contribution in [3.63, 3.8) is 0 Å². The van der Waals surface area contributed by atoms with Crippen LogP contribution in [0.2, 0.25) is 0 Å². The van der Waals surface area contributed by atoms with Crippen LogP contribution in [0.5, 0.6) is 0 Å². The number of nitrogens with zero attached hydrogens (tertiary/aromatic N) is 6. The van der Waals surface area contributed by atoms with Crippen molar-refractivity contribution in [1.82, 2.24) is 14.5 Å². The van der Waals surface area contributed by atoms with E-state index < -0.39 is 17.4 Å². The number of rotatable bonds is 4. The number of benzene rings is 1. The van der Waals surface area contributed by atoms with Crippen molar-refractivity contribution in [3.05, 3.63) is 63.9 Å². The van der Waals surface area contributed by atoms with Crippen LogP contribution in [0.4, 0.5) is 30.5 Å². The second-order valence-electron chi connectivity index (χ2n) is 8.40. The standard InChI is InChI=1S/C24H25F3N6O/c1-5-16-14-33(22-21-19(31(4)23(34)30-22)10-11-20(28-3)29-21)17(6-2)13-32(16)18-9-7-8-15(12-18)24(25,26)27/h7-12,16-17H,5-6,13-14H2,1-2,4H3/t16-,17+/m1/s1. The first kappa shape index (κ1) is 23.5. The Morgan fingerprint density at radius 3 is 2.38 bits per heavy atom. The molecule has 2 atom stereocenters. The maximum Gasteiger partial charge on any atom is 0.416 e. The lowest BCUT2D eigenvalue weighted by Crippen LogP contribution is -2.59. The summed E-state index contributed by atoms with van der Waals surface area (Å²) in [6.45, 7) is 12.2. The first-order valence-corrected chi connectivity index (χ1v) is 11.1. The van der Waals surface area contributed by atoms with Crippen LogP contribution in [0.3, 0.4) is 0 Å². The predicted octanol–water partition coefficient (Wildman–Crippen LogP) is 4.78. The van der Waals surface area contributed by atoms with Gasteiger partial charge in [0, 0.05) is 37.9 Å². The van der Waals surface area contributed by atoms with E-state index in [1.165, 1.54) is 16.7 Å². The van der Waals surface area contributed by atoms with Gasteiger partial charge in [-0.2, -0.15) is 18.2 Å². The zero-order valence-corrected chi connectivity index (χ0v) is 19.2. The van der Waals surface area contributed by atoms with E-state index in [9.17, 15) is 18.0 Å². The molecule has 0 bridgehead atoms. The van der Waals surface area contributed by atoms with E-state index in [1.807, 2.05) is 23.6 Å². The molecule has 0 N–H and O–H groups in total. The number of anilines is 2. The van der Waals surface area contributed by atoms with E-state index in [0.29, 0.717) is 48.5 Å². The molecule has 1 aliphatic heterocycles. The Morgan fingerprint density at radius 1 is 1.06 bits per heavy atom. The molecule has 10 heteroatoms. The summed E-state index contributed by atoms with van der Waals surface area (Å²) in [5.41, 5.74) is 0.463. The summed E-state index contributed by atoms with van der Waals surface area (Å²) in [6.07, 6.45) is -3.04. The molecule has 178 valence electrons. The van der Waals surface area contributed by atoms with Crippen molar-refractivity contribution in [3.8, 4) is 0 Å². The minimum Gasteiger partial charge on any atom is -0.365 e. The van der Waals surface area contributed by atoms with E-state index in [4.69, 9.17) is 6.57 Å². The molecule has 0 spiro atoms. The van der Waals surface area contributed by atoms with E-state index in [2.05, 4.69) is 14.8 Å². The second-order valence-corrected chi connectivity index (χ2v) is 8.40. The topological polar surface area (TPSA) is 58.6 Å². The molecule has 0 radical (unpaired) electrons. The molecule has 1 fully saturated rings. The minimum atomic E-state index is -4.41. The number of piperazine rings is 1. The molecule has 34 heavy (non-hydrogen) atoms. The van der Waals surface area contributed by atoms with Crippen molar-refractivity contribution in [2.24, 2.45) is 7.05 Å². The lowest BCUT2D eigenvalue weighted by molar-refractivity contribution is -0.137. The van der Waals surface area contributed by atoms with Gasteiger partial charge in [-0.25, -0.2) is 4.79 Å². The van der Waals surface area contributed by atoms with Gasteiger partial charge >= 0.3 is 11.9 Å². The molecule has 1 aliphatic rings. The summed E-state index contributed by atoms with van der Waals surface area (Å²) in [6, 6.07) is 8.46. The van der Waals surface area contributed by atoms with Gasteiger partial charge in [-0.15, -0.1) is 4.98 Å². The van der Waals surface area contributed by atoms with Gasteiger partial charge in [0.25, 0.3) is 5.82 Å². The zero-order valence-electron chi connectivity index (χ0n) is 19.2. The van der Waals surface area contributed by atoms with Crippen molar-refractivity contribution in [2.45, 2.75) is 44.9 Å². The Kier molecular flexibility index (Phi) is 6.21. The van der Waals surface area contributed by atoms with E-state index in [0.717, 1.165) is 6.07 Å². The van der Waals surface area contributed by atoms with Crippen LogP contribution in [-0.4, -0.2) is 39.7 Å². The van der Waals surface area contributed by atoms with Crippen LogP contribution in [0.25, 0.3) is 15.9 Å². The Labute approximate surface area is 195 Å². The number of halogens is 3. The van der Waals surface area contributed by atoms with Gasteiger partial charge < -0.3 is 14.6 Å². The summed E-state index contributed by atoms with van der Waals surface area (Å²) < 4.78 is 41.4. The summed E-state index contributed by atoms with van der Waals surface area (Å²) in [4.78, 5) is 28.9. The third kappa shape index (κ3) is 4.18. The fourth-order valence-corrected chi connectivity index (χ4v) is 4.55. The van der Waals surface area contributed by atoms with E-state index in [-0.39, 0.29) is 17.9 Å². The number of aryl methyl sites for hydroxylation is 1. The van der Waals surface area contributed by atoms with Crippen LogP contribution < -0.4 is 15.5 Å². The molecule has 2 aromatic heterocycles. The largest absolute Gasteiger partial charge is 0.416 e. The maximum absolute atomic E-state index is 13.3. The first-order chi connectivity index (χ1) is 16.2. The quantitative estimate of drug-likeness (QED) is 0.514. The van der Waals surface area contributed by atoms with E-state index >= 15 is 0 Å². The predicted molar refractivity (Wildman–Crippen MR) is 125 cm³/mol. The van der Waals surface area contributed by atoms with Crippen molar-refractivity contribution in [2.75, 3.05) is 22.9 Å². The summed E-state index contributed by atoms with van der Waals surface area (Å²) in [7, 11) is 1.61. The molecule has 3 heterocycles. The number of hydrogen-bond donors (Lipinski definition) is 0. The lowest BCUT2D eigenvalue weighted by Gasteiger charge is -2.47. The van der Waals surface area contributed by atoms with Crippen molar-refractivity contribution in [1.29, 1.82) is 0 Å². The van der Waals surface area contributed by atoms with Crippen LogP contribution in [0.15, 0.2) is 41.2 Å². The van der Waals surface area contributed by atoms with Crippen LogP contribution in [0, 0.1) is 6.57 Å². The third-order valence-electron chi connectivity index (χ3n) is 6.45. The third-order valence-corrected chi connectivity index (χ3v) is 6.45. The van der Waals surface area contributed by atoms with Gasteiger partial charge in [-0.05, 0) is 43.2 Å². The molecule has 0 unspecified atom stereocenters. The Morgan fingerprint density at radius 2 is 1.74 bits per heavy atom. The molecule has 1 saturated heterocycles. The highest BCUT2D eigenvalue weighted by Gasteiger charge is 2.36. The number of alkyl halides is 3. The average molecular weight is 470 g/mol. The highest BCUT2D eigenvalue weighted by atomic mass is 19.4. The fraction of sp³-hybridized carbons (Fsp3) is 0.417. The monoisotopic (exact) mass is 470 g/mol.